The highest BCUT2D eigenvalue weighted by molar-refractivity contribution is 5.47. The van der Waals surface area contributed by atoms with Gasteiger partial charge in [0.25, 0.3) is 0 Å². The number of methoxy groups -OCH3 is 2. The number of hydrogen-bond acceptors (Lipinski definition) is 5. The highest BCUT2D eigenvalue weighted by Gasteiger charge is 2.15. The molecule has 0 aliphatic carbocycles. The highest BCUT2D eigenvalue weighted by atomic mass is 16.5. The van der Waals surface area contributed by atoms with Gasteiger partial charge in [0.05, 0.1) is 19.3 Å². The normalized spacial score (nSPS) is 12.4. The lowest BCUT2D eigenvalue weighted by Crippen LogP contribution is -2.32. The van der Waals surface area contributed by atoms with Crippen LogP contribution in [0.5, 0.6) is 0 Å². The van der Waals surface area contributed by atoms with Gasteiger partial charge in [0, 0.05) is 39.1 Å². The molecule has 102 valence electrons. The summed E-state index contributed by atoms with van der Waals surface area (Å²) in [5, 5.41) is 9.78. The van der Waals surface area contributed by atoms with Crippen LogP contribution in [0.4, 0.5) is 5.82 Å². The molecule has 0 aromatic carbocycles. The Kier molecular flexibility index (Phi) is 6.64. The largest absolute Gasteiger partial charge is 0.389 e. The number of rotatable bonds is 8. The second-order valence-corrected chi connectivity index (χ2v) is 4.06. The Morgan fingerprint density at radius 1 is 1.28 bits per heavy atom. The first-order valence-corrected chi connectivity index (χ1v) is 6.06. The van der Waals surface area contributed by atoms with E-state index < -0.39 is 6.10 Å². The molecular weight excluding hydrogens is 232 g/mol. The first-order chi connectivity index (χ1) is 8.70. The third-order valence-corrected chi connectivity index (χ3v) is 2.70. The monoisotopic (exact) mass is 254 g/mol. The zero-order valence-electron chi connectivity index (χ0n) is 11.3. The van der Waals surface area contributed by atoms with Crippen molar-refractivity contribution < 1.29 is 14.6 Å². The molecule has 18 heavy (non-hydrogen) atoms. The van der Waals surface area contributed by atoms with Gasteiger partial charge in [-0.15, -0.1) is 0 Å². The molecule has 1 atom stereocenters. The average molecular weight is 254 g/mol. The number of hydrogen-bond donors (Lipinski definition) is 1. The van der Waals surface area contributed by atoms with E-state index in [2.05, 4.69) is 9.88 Å². The fraction of sp³-hybridized carbons (Fsp3) is 0.615. The number of anilines is 1. The van der Waals surface area contributed by atoms with Crippen LogP contribution in [-0.4, -0.2) is 50.6 Å². The molecule has 0 saturated heterocycles. The van der Waals surface area contributed by atoms with Gasteiger partial charge >= 0.3 is 0 Å². The van der Waals surface area contributed by atoms with Gasteiger partial charge in [-0.05, 0) is 13.0 Å². The molecule has 5 nitrogen and oxygen atoms in total. The molecule has 1 aromatic heterocycles. The number of pyridine rings is 1. The molecule has 1 N–H and O–H groups in total. The van der Waals surface area contributed by atoms with Crippen LogP contribution in [0.3, 0.4) is 0 Å². The van der Waals surface area contributed by atoms with Crippen molar-refractivity contribution in [2.24, 2.45) is 0 Å². The quantitative estimate of drug-likeness (QED) is 0.756. The van der Waals surface area contributed by atoms with Crippen LogP contribution in [0, 0.1) is 0 Å². The number of aliphatic hydroxyl groups is 1. The number of aromatic nitrogens is 1. The standard InChI is InChI=1S/C13H22N2O3/c1-11(16)12-5-4-6-14-13(12)15(7-9-17-2)8-10-18-3/h4-6,11,16H,7-10H2,1-3H3/t11-/m0/s1. The Morgan fingerprint density at radius 2 is 1.89 bits per heavy atom. The Labute approximate surface area is 108 Å². The molecule has 5 heteroatoms. The van der Waals surface area contributed by atoms with Crippen molar-refractivity contribution in [1.29, 1.82) is 0 Å². The first kappa shape index (κ1) is 14.9. The van der Waals surface area contributed by atoms with Gasteiger partial charge in [-0.25, -0.2) is 4.98 Å². The molecule has 0 aliphatic rings. The van der Waals surface area contributed by atoms with Gasteiger partial charge in [0.2, 0.25) is 0 Å². The van der Waals surface area contributed by atoms with Crippen LogP contribution in [0.1, 0.15) is 18.6 Å². The third kappa shape index (κ3) is 4.25. The van der Waals surface area contributed by atoms with Crippen molar-refractivity contribution in [1.82, 2.24) is 4.98 Å². The lowest BCUT2D eigenvalue weighted by molar-refractivity contribution is 0.187. The van der Waals surface area contributed by atoms with E-state index in [9.17, 15) is 5.11 Å². The summed E-state index contributed by atoms with van der Waals surface area (Å²) in [5.74, 6) is 0.793. The van der Waals surface area contributed by atoms with E-state index in [1.54, 1.807) is 27.3 Å². The summed E-state index contributed by atoms with van der Waals surface area (Å²) in [6, 6.07) is 3.72. The van der Waals surface area contributed by atoms with E-state index in [1.165, 1.54) is 0 Å². The molecular formula is C13H22N2O3. The van der Waals surface area contributed by atoms with E-state index in [0.29, 0.717) is 13.2 Å². The molecule has 0 unspecified atom stereocenters. The topological polar surface area (TPSA) is 54.8 Å². The van der Waals surface area contributed by atoms with Gasteiger partial charge in [0.15, 0.2) is 0 Å². The molecule has 0 fully saturated rings. The van der Waals surface area contributed by atoms with Gasteiger partial charge in [-0.2, -0.15) is 0 Å². The molecule has 0 radical (unpaired) electrons. The minimum atomic E-state index is -0.540. The van der Waals surface area contributed by atoms with E-state index >= 15 is 0 Å². The minimum Gasteiger partial charge on any atom is -0.389 e. The molecule has 1 aromatic rings. The van der Waals surface area contributed by atoms with Crippen molar-refractivity contribution in [3.8, 4) is 0 Å². The summed E-state index contributed by atoms with van der Waals surface area (Å²) >= 11 is 0. The Bertz CT molecular complexity index is 337. The van der Waals surface area contributed by atoms with Crippen LogP contribution in [0.25, 0.3) is 0 Å². The number of nitrogens with zero attached hydrogens (tertiary/aromatic N) is 2. The van der Waals surface area contributed by atoms with Gasteiger partial charge in [-0.3, -0.25) is 0 Å². The van der Waals surface area contributed by atoms with Crippen molar-refractivity contribution in [3.05, 3.63) is 23.9 Å². The Balaban J connectivity index is 2.88. The lowest BCUT2D eigenvalue weighted by Gasteiger charge is -2.26. The van der Waals surface area contributed by atoms with Crippen molar-refractivity contribution in [3.63, 3.8) is 0 Å². The van der Waals surface area contributed by atoms with E-state index in [-0.39, 0.29) is 0 Å². The zero-order valence-corrected chi connectivity index (χ0v) is 11.3. The summed E-state index contributed by atoms with van der Waals surface area (Å²) in [5.41, 5.74) is 0.824. The smallest absolute Gasteiger partial charge is 0.134 e. The van der Waals surface area contributed by atoms with Crippen molar-refractivity contribution in [2.75, 3.05) is 45.4 Å². The zero-order chi connectivity index (χ0) is 13.4. The molecule has 0 saturated carbocycles. The molecule has 0 amide bonds. The molecule has 1 rings (SSSR count). The summed E-state index contributed by atoms with van der Waals surface area (Å²) in [6.45, 7) is 4.40. The third-order valence-electron chi connectivity index (χ3n) is 2.70. The fourth-order valence-corrected chi connectivity index (χ4v) is 1.73. The van der Waals surface area contributed by atoms with Crippen LogP contribution >= 0.6 is 0 Å². The van der Waals surface area contributed by atoms with Gasteiger partial charge in [-0.1, -0.05) is 6.07 Å². The van der Waals surface area contributed by atoms with Crippen LogP contribution in [-0.2, 0) is 9.47 Å². The van der Waals surface area contributed by atoms with Crippen molar-refractivity contribution in [2.45, 2.75) is 13.0 Å². The summed E-state index contributed by atoms with van der Waals surface area (Å²) in [4.78, 5) is 6.43. The maximum atomic E-state index is 9.78. The second-order valence-electron chi connectivity index (χ2n) is 4.06. The molecule has 1 heterocycles. The number of aliphatic hydroxyl groups excluding tert-OH is 1. The van der Waals surface area contributed by atoms with E-state index in [1.807, 2.05) is 12.1 Å². The average Bonchev–Trinajstić information content (AvgIpc) is 2.39. The van der Waals surface area contributed by atoms with Crippen molar-refractivity contribution >= 4 is 5.82 Å². The summed E-state index contributed by atoms with van der Waals surface area (Å²) in [7, 11) is 3.34. The SMILES string of the molecule is COCCN(CCOC)c1ncccc1[C@H](C)O. The Hall–Kier alpha value is -1.17. The maximum absolute atomic E-state index is 9.78. The first-order valence-electron chi connectivity index (χ1n) is 6.06. The maximum Gasteiger partial charge on any atom is 0.134 e. The van der Waals surface area contributed by atoms with Gasteiger partial charge < -0.3 is 19.5 Å². The number of ether oxygens (including phenoxy) is 2. The predicted molar refractivity (Wildman–Crippen MR) is 70.8 cm³/mol. The summed E-state index contributed by atoms with van der Waals surface area (Å²) in [6.07, 6.45) is 1.19. The highest BCUT2D eigenvalue weighted by Crippen LogP contribution is 2.23. The Morgan fingerprint density at radius 3 is 2.39 bits per heavy atom. The second kappa shape index (κ2) is 8.02. The van der Waals surface area contributed by atoms with E-state index in [0.717, 1.165) is 24.5 Å². The van der Waals surface area contributed by atoms with Crippen LogP contribution in [0.2, 0.25) is 0 Å². The van der Waals surface area contributed by atoms with E-state index in [4.69, 9.17) is 9.47 Å². The lowest BCUT2D eigenvalue weighted by atomic mass is 10.1. The molecule has 0 aliphatic heterocycles. The fourth-order valence-electron chi connectivity index (χ4n) is 1.73. The van der Waals surface area contributed by atoms with Crippen LogP contribution in [0.15, 0.2) is 18.3 Å². The molecule has 0 bridgehead atoms. The predicted octanol–water partition coefficient (Wildman–Crippen LogP) is 1.23. The van der Waals surface area contributed by atoms with Crippen LogP contribution < -0.4 is 4.90 Å². The summed E-state index contributed by atoms with van der Waals surface area (Å²) < 4.78 is 10.2. The van der Waals surface area contributed by atoms with Gasteiger partial charge in [0.1, 0.15) is 5.82 Å². The molecule has 0 spiro atoms. The minimum absolute atomic E-state index is 0.540.